The van der Waals surface area contributed by atoms with Gasteiger partial charge in [0.1, 0.15) is 6.33 Å². The van der Waals surface area contributed by atoms with Gasteiger partial charge in [0.15, 0.2) is 0 Å². The van der Waals surface area contributed by atoms with E-state index in [0.717, 1.165) is 17.8 Å². The Hall–Kier alpha value is -2.50. The van der Waals surface area contributed by atoms with E-state index in [0.29, 0.717) is 12.5 Å². The predicted molar refractivity (Wildman–Crippen MR) is 74.6 cm³/mol. The highest BCUT2D eigenvalue weighted by molar-refractivity contribution is 5.50. The summed E-state index contributed by atoms with van der Waals surface area (Å²) in [4.78, 5) is 20.7. The molecule has 1 unspecified atom stereocenters. The Kier molecular flexibility index (Phi) is 3.06. The van der Waals surface area contributed by atoms with Crippen LogP contribution in [-0.2, 0) is 6.54 Å². The van der Waals surface area contributed by atoms with Gasteiger partial charge in [0, 0.05) is 25.2 Å². The van der Waals surface area contributed by atoms with Crippen molar-refractivity contribution < 1.29 is 4.92 Å². The number of nitro benzene ring substituents is 1. The number of hydrogen-bond donors (Lipinski definition) is 0. The number of rotatable bonds is 2. The van der Waals surface area contributed by atoms with E-state index < -0.39 is 0 Å². The lowest BCUT2D eigenvalue weighted by atomic mass is 9.90. The van der Waals surface area contributed by atoms with Gasteiger partial charge in [0.05, 0.1) is 23.0 Å². The third kappa shape index (κ3) is 2.20. The summed E-state index contributed by atoms with van der Waals surface area (Å²) < 4.78 is 0. The normalized spacial score (nSPS) is 17.6. The van der Waals surface area contributed by atoms with E-state index in [9.17, 15) is 10.1 Å². The zero-order valence-electron chi connectivity index (χ0n) is 11.1. The molecular formula is C14H14N4O2. The molecule has 1 aliphatic heterocycles. The fourth-order valence-electron chi connectivity index (χ4n) is 2.67. The number of anilines is 1. The molecule has 6 heteroatoms. The van der Waals surface area contributed by atoms with Crippen LogP contribution in [0.1, 0.15) is 24.0 Å². The van der Waals surface area contributed by atoms with Gasteiger partial charge in [0.25, 0.3) is 5.69 Å². The first kappa shape index (κ1) is 12.5. The molecule has 1 aliphatic rings. The molecule has 1 atom stereocenters. The number of aromatic nitrogens is 2. The van der Waals surface area contributed by atoms with Crippen molar-refractivity contribution in [3.8, 4) is 0 Å². The van der Waals surface area contributed by atoms with Crippen molar-refractivity contribution in [1.29, 1.82) is 0 Å². The number of hydrogen-bond acceptors (Lipinski definition) is 5. The van der Waals surface area contributed by atoms with Crippen LogP contribution < -0.4 is 4.90 Å². The average Bonchev–Trinajstić information content (AvgIpc) is 2.47. The molecule has 0 saturated carbocycles. The number of nitrogens with zero attached hydrogens (tertiary/aromatic N) is 4. The van der Waals surface area contributed by atoms with E-state index in [-0.39, 0.29) is 10.6 Å². The summed E-state index contributed by atoms with van der Waals surface area (Å²) in [5.41, 5.74) is 3.27. The first-order valence-electron chi connectivity index (χ1n) is 6.42. The minimum atomic E-state index is -0.352. The van der Waals surface area contributed by atoms with Crippen LogP contribution in [0.25, 0.3) is 0 Å². The maximum Gasteiger partial charge on any atom is 0.269 e. The first-order chi connectivity index (χ1) is 9.65. The number of nitro groups is 1. The van der Waals surface area contributed by atoms with Crippen LogP contribution in [-0.4, -0.2) is 21.4 Å². The van der Waals surface area contributed by atoms with Crippen LogP contribution in [0.4, 0.5) is 11.4 Å². The van der Waals surface area contributed by atoms with Gasteiger partial charge in [-0.15, -0.1) is 0 Å². The van der Waals surface area contributed by atoms with Crippen molar-refractivity contribution in [2.75, 3.05) is 11.4 Å². The van der Waals surface area contributed by atoms with Crippen LogP contribution in [0.3, 0.4) is 0 Å². The number of non-ortho nitro benzene ring substituents is 1. The van der Waals surface area contributed by atoms with Gasteiger partial charge >= 0.3 is 0 Å². The monoisotopic (exact) mass is 270 g/mol. The van der Waals surface area contributed by atoms with E-state index in [1.165, 1.54) is 11.9 Å². The molecule has 0 saturated heterocycles. The lowest BCUT2D eigenvalue weighted by molar-refractivity contribution is -0.384. The van der Waals surface area contributed by atoms with E-state index in [1.807, 2.05) is 6.07 Å². The Morgan fingerprint density at radius 2 is 2.10 bits per heavy atom. The molecule has 0 radical (unpaired) electrons. The van der Waals surface area contributed by atoms with Crippen molar-refractivity contribution >= 4 is 11.4 Å². The fourth-order valence-corrected chi connectivity index (χ4v) is 2.67. The second-order valence-corrected chi connectivity index (χ2v) is 5.02. The lowest BCUT2D eigenvalue weighted by Gasteiger charge is -2.34. The molecule has 0 fully saturated rings. The Balaban J connectivity index is 1.96. The van der Waals surface area contributed by atoms with Crippen LogP contribution in [0.2, 0.25) is 0 Å². The molecule has 20 heavy (non-hydrogen) atoms. The highest BCUT2D eigenvalue weighted by atomic mass is 16.6. The van der Waals surface area contributed by atoms with Gasteiger partial charge in [-0.05, 0) is 17.0 Å². The minimum absolute atomic E-state index is 0.141. The van der Waals surface area contributed by atoms with Crippen molar-refractivity contribution in [3.63, 3.8) is 0 Å². The molecular weight excluding hydrogens is 256 g/mol. The maximum atomic E-state index is 10.9. The summed E-state index contributed by atoms with van der Waals surface area (Å²) in [6, 6.07) is 5.12. The third-order valence-electron chi connectivity index (χ3n) is 3.64. The van der Waals surface area contributed by atoms with Crippen molar-refractivity contribution in [2.24, 2.45) is 0 Å². The van der Waals surface area contributed by atoms with E-state index >= 15 is 0 Å². The van der Waals surface area contributed by atoms with Gasteiger partial charge in [-0.2, -0.15) is 0 Å². The topological polar surface area (TPSA) is 72.2 Å². The number of benzene rings is 1. The molecule has 0 amide bonds. The molecule has 2 aromatic rings. The third-order valence-corrected chi connectivity index (χ3v) is 3.64. The fraction of sp³-hybridized carbons (Fsp3) is 0.286. The first-order valence-corrected chi connectivity index (χ1v) is 6.42. The summed E-state index contributed by atoms with van der Waals surface area (Å²) in [6.07, 6.45) is 5.03. The quantitative estimate of drug-likeness (QED) is 0.619. The highest BCUT2D eigenvalue weighted by Crippen LogP contribution is 2.32. The molecule has 1 aromatic carbocycles. The van der Waals surface area contributed by atoms with E-state index in [1.54, 1.807) is 24.5 Å². The lowest BCUT2D eigenvalue weighted by Crippen LogP contribution is -2.32. The second kappa shape index (κ2) is 4.88. The molecule has 0 bridgehead atoms. The highest BCUT2D eigenvalue weighted by Gasteiger charge is 2.24. The van der Waals surface area contributed by atoms with Crippen LogP contribution in [0, 0.1) is 10.1 Å². The average molecular weight is 270 g/mol. The van der Waals surface area contributed by atoms with E-state index in [2.05, 4.69) is 21.8 Å². The van der Waals surface area contributed by atoms with Gasteiger partial charge in [-0.1, -0.05) is 13.0 Å². The zero-order valence-corrected chi connectivity index (χ0v) is 11.1. The molecule has 3 rings (SSSR count). The van der Waals surface area contributed by atoms with Crippen molar-refractivity contribution in [2.45, 2.75) is 19.4 Å². The van der Waals surface area contributed by atoms with Gasteiger partial charge in [-0.25, -0.2) is 9.97 Å². The predicted octanol–water partition coefficient (Wildman–Crippen LogP) is 2.51. The van der Waals surface area contributed by atoms with Gasteiger partial charge < -0.3 is 4.90 Å². The molecule has 0 aliphatic carbocycles. The summed E-state index contributed by atoms with van der Waals surface area (Å²) in [6.45, 7) is 3.63. The Morgan fingerprint density at radius 1 is 1.35 bits per heavy atom. The van der Waals surface area contributed by atoms with E-state index in [4.69, 9.17) is 0 Å². The Bertz CT molecular complexity index is 645. The van der Waals surface area contributed by atoms with Gasteiger partial charge in [0.2, 0.25) is 0 Å². The van der Waals surface area contributed by atoms with Gasteiger partial charge in [-0.3, -0.25) is 10.1 Å². The van der Waals surface area contributed by atoms with Crippen molar-refractivity contribution in [1.82, 2.24) is 9.97 Å². The molecule has 1 aromatic heterocycles. The second-order valence-electron chi connectivity index (χ2n) is 5.02. The molecule has 6 nitrogen and oxygen atoms in total. The SMILES string of the molecule is CC1CN(c2cncnc2)Cc2cc([N+](=O)[O-])ccc21. The summed E-state index contributed by atoms with van der Waals surface area (Å²) in [7, 11) is 0. The smallest absolute Gasteiger partial charge is 0.269 e. The Morgan fingerprint density at radius 3 is 2.80 bits per heavy atom. The minimum Gasteiger partial charge on any atom is -0.364 e. The molecule has 0 N–H and O–H groups in total. The molecule has 0 spiro atoms. The standard InChI is InChI=1S/C14H14N4O2/c1-10-7-17(13-5-15-9-16-6-13)8-11-4-12(18(19)20)2-3-14(10)11/h2-6,9-10H,7-8H2,1H3. The number of fused-ring (bicyclic) bond motifs is 1. The van der Waals surface area contributed by atoms with Crippen LogP contribution >= 0.6 is 0 Å². The summed E-state index contributed by atoms with van der Waals surface area (Å²) >= 11 is 0. The summed E-state index contributed by atoms with van der Waals surface area (Å²) in [5, 5.41) is 10.9. The largest absolute Gasteiger partial charge is 0.364 e. The van der Waals surface area contributed by atoms with Crippen LogP contribution in [0.5, 0.6) is 0 Å². The van der Waals surface area contributed by atoms with Crippen LogP contribution in [0.15, 0.2) is 36.9 Å². The molecule has 2 heterocycles. The Labute approximate surface area is 116 Å². The molecule has 102 valence electrons. The van der Waals surface area contributed by atoms with Crippen molar-refractivity contribution in [3.05, 3.63) is 58.2 Å². The maximum absolute atomic E-state index is 10.9. The summed E-state index contributed by atoms with van der Waals surface area (Å²) in [5.74, 6) is 0.319. The zero-order chi connectivity index (χ0) is 14.1.